The monoisotopic (exact) mass is 207 g/mol. The highest BCUT2D eigenvalue weighted by atomic mass is 16.5. The summed E-state index contributed by atoms with van der Waals surface area (Å²) in [6.07, 6.45) is 0. The van der Waals surface area contributed by atoms with Gasteiger partial charge in [-0.1, -0.05) is 26.0 Å². The van der Waals surface area contributed by atoms with Crippen LogP contribution >= 0.6 is 0 Å². The SMILES string of the molecule is CC(C)COC(=O)c1cccc(CN)c1. The van der Waals surface area contributed by atoms with E-state index in [4.69, 9.17) is 10.5 Å². The van der Waals surface area contributed by atoms with Crippen molar-refractivity contribution in [2.45, 2.75) is 20.4 Å². The third-order valence-corrected chi connectivity index (χ3v) is 1.95. The van der Waals surface area contributed by atoms with Crippen molar-refractivity contribution >= 4 is 5.97 Å². The molecule has 0 aliphatic rings. The molecule has 0 saturated heterocycles. The van der Waals surface area contributed by atoms with Crippen LogP contribution in [0.4, 0.5) is 0 Å². The smallest absolute Gasteiger partial charge is 0.338 e. The van der Waals surface area contributed by atoms with E-state index in [0.717, 1.165) is 5.56 Å². The molecule has 0 aliphatic heterocycles. The van der Waals surface area contributed by atoms with Crippen molar-refractivity contribution in [2.75, 3.05) is 6.61 Å². The molecule has 3 heteroatoms. The molecule has 1 rings (SSSR count). The minimum atomic E-state index is -0.279. The Morgan fingerprint density at radius 2 is 2.20 bits per heavy atom. The third-order valence-electron chi connectivity index (χ3n) is 1.95. The zero-order chi connectivity index (χ0) is 11.3. The Balaban J connectivity index is 2.65. The van der Waals surface area contributed by atoms with Crippen LogP contribution in [0.1, 0.15) is 29.8 Å². The largest absolute Gasteiger partial charge is 0.462 e. The van der Waals surface area contributed by atoms with Gasteiger partial charge in [0, 0.05) is 6.54 Å². The first-order valence-corrected chi connectivity index (χ1v) is 5.09. The summed E-state index contributed by atoms with van der Waals surface area (Å²) in [6.45, 7) is 4.89. The fourth-order valence-corrected chi connectivity index (χ4v) is 1.15. The predicted octanol–water partition coefficient (Wildman–Crippen LogP) is 1.96. The Morgan fingerprint density at radius 1 is 1.47 bits per heavy atom. The lowest BCUT2D eigenvalue weighted by Gasteiger charge is -2.07. The second kappa shape index (κ2) is 5.51. The molecule has 0 atom stereocenters. The van der Waals surface area contributed by atoms with Gasteiger partial charge in [0.25, 0.3) is 0 Å². The molecule has 0 spiro atoms. The maximum absolute atomic E-state index is 11.6. The van der Waals surface area contributed by atoms with Crippen LogP contribution in [0.5, 0.6) is 0 Å². The number of benzene rings is 1. The van der Waals surface area contributed by atoms with Gasteiger partial charge in [0.2, 0.25) is 0 Å². The third kappa shape index (κ3) is 3.72. The van der Waals surface area contributed by atoms with Crippen molar-refractivity contribution in [1.82, 2.24) is 0 Å². The summed E-state index contributed by atoms with van der Waals surface area (Å²) in [5.74, 6) is 0.0747. The van der Waals surface area contributed by atoms with Crippen molar-refractivity contribution in [3.63, 3.8) is 0 Å². The Labute approximate surface area is 90.2 Å². The molecule has 15 heavy (non-hydrogen) atoms. The summed E-state index contributed by atoms with van der Waals surface area (Å²) in [6, 6.07) is 7.21. The molecular weight excluding hydrogens is 190 g/mol. The molecule has 0 saturated carbocycles. The quantitative estimate of drug-likeness (QED) is 0.768. The van der Waals surface area contributed by atoms with Crippen molar-refractivity contribution in [3.05, 3.63) is 35.4 Å². The predicted molar refractivity (Wildman–Crippen MR) is 59.5 cm³/mol. The molecular formula is C12H17NO2. The van der Waals surface area contributed by atoms with Gasteiger partial charge in [-0.25, -0.2) is 4.79 Å². The number of carbonyl (C=O) groups is 1. The molecule has 0 bridgehead atoms. The molecule has 1 aromatic carbocycles. The number of hydrogen-bond donors (Lipinski definition) is 1. The first-order valence-electron chi connectivity index (χ1n) is 5.09. The van der Waals surface area contributed by atoms with Crippen LogP contribution in [0, 0.1) is 5.92 Å². The van der Waals surface area contributed by atoms with E-state index < -0.39 is 0 Å². The average Bonchev–Trinajstić information content (AvgIpc) is 2.26. The standard InChI is InChI=1S/C12H17NO2/c1-9(2)8-15-12(14)11-5-3-4-10(6-11)7-13/h3-6,9H,7-8,13H2,1-2H3. The minimum Gasteiger partial charge on any atom is -0.462 e. The lowest BCUT2D eigenvalue weighted by atomic mass is 10.1. The fraction of sp³-hybridized carbons (Fsp3) is 0.417. The fourth-order valence-electron chi connectivity index (χ4n) is 1.15. The zero-order valence-corrected chi connectivity index (χ0v) is 9.19. The van der Waals surface area contributed by atoms with E-state index in [1.807, 2.05) is 26.0 Å². The number of hydrogen-bond acceptors (Lipinski definition) is 3. The lowest BCUT2D eigenvalue weighted by molar-refractivity contribution is 0.0459. The highest BCUT2D eigenvalue weighted by Gasteiger charge is 2.07. The van der Waals surface area contributed by atoms with E-state index in [1.54, 1.807) is 12.1 Å². The van der Waals surface area contributed by atoms with Crippen molar-refractivity contribution in [3.8, 4) is 0 Å². The Morgan fingerprint density at radius 3 is 2.80 bits per heavy atom. The topological polar surface area (TPSA) is 52.3 Å². The lowest BCUT2D eigenvalue weighted by Crippen LogP contribution is -2.10. The van der Waals surface area contributed by atoms with Gasteiger partial charge in [-0.2, -0.15) is 0 Å². The molecule has 0 aliphatic carbocycles. The molecule has 0 radical (unpaired) electrons. The number of nitrogens with two attached hydrogens (primary N) is 1. The molecule has 0 amide bonds. The number of rotatable bonds is 4. The maximum Gasteiger partial charge on any atom is 0.338 e. The average molecular weight is 207 g/mol. The van der Waals surface area contributed by atoms with Gasteiger partial charge in [-0.05, 0) is 23.6 Å². The molecule has 0 fully saturated rings. The van der Waals surface area contributed by atoms with Gasteiger partial charge in [0.1, 0.15) is 0 Å². The Kier molecular flexibility index (Phi) is 4.31. The van der Waals surface area contributed by atoms with Crippen LogP contribution in [0.15, 0.2) is 24.3 Å². The number of carbonyl (C=O) groups excluding carboxylic acids is 1. The van der Waals surface area contributed by atoms with Gasteiger partial charge in [0.15, 0.2) is 0 Å². The Hall–Kier alpha value is -1.35. The molecule has 0 heterocycles. The maximum atomic E-state index is 11.6. The molecule has 0 aromatic heterocycles. The highest BCUT2D eigenvalue weighted by molar-refractivity contribution is 5.89. The summed E-state index contributed by atoms with van der Waals surface area (Å²) in [5.41, 5.74) is 7.00. The van der Waals surface area contributed by atoms with E-state index in [-0.39, 0.29) is 5.97 Å². The summed E-state index contributed by atoms with van der Waals surface area (Å²) in [4.78, 5) is 11.6. The van der Waals surface area contributed by atoms with Crippen LogP contribution in [-0.4, -0.2) is 12.6 Å². The van der Waals surface area contributed by atoms with Crippen molar-refractivity contribution < 1.29 is 9.53 Å². The second-order valence-corrected chi connectivity index (χ2v) is 3.90. The van der Waals surface area contributed by atoms with E-state index in [2.05, 4.69) is 0 Å². The van der Waals surface area contributed by atoms with Crippen LogP contribution in [0.2, 0.25) is 0 Å². The molecule has 3 nitrogen and oxygen atoms in total. The first kappa shape index (κ1) is 11.7. The molecule has 2 N–H and O–H groups in total. The molecule has 1 aromatic rings. The first-order chi connectivity index (χ1) is 7.13. The van der Waals surface area contributed by atoms with E-state index in [0.29, 0.717) is 24.6 Å². The molecule has 0 unspecified atom stereocenters. The van der Waals surface area contributed by atoms with Gasteiger partial charge >= 0.3 is 5.97 Å². The van der Waals surface area contributed by atoms with E-state index >= 15 is 0 Å². The zero-order valence-electron chi connectivity index (χ0n) is 9.19. The van der Waals surface area contributed by atoms with Gasteiger partial charge < -0.3 is 10.5 Å². The minimum absolute atomic E-state index is 0.279. The summed E-state index contributed by atoms with van der Waals surface area (Å²) in [5, 5.41) is 0. The second-order valence-electron chi connectivity index (χ2n) is 3.90. The normalized spacial score (nSPS) is 10.4. The van der Waals surface area contributed by atoms with E-state index in [9.17, 15) is 4.79 Å². The van der Waals surface area contributed by atoms with Crippen LogP contribution in [0.25, 0.3) is 0 Å². The van der Waals surface area contributed by atoms with Gasteiger partial charge in [-0.15, -0.1) is 0 Å². The van der Waals surface area contributed by atoms with Crippen LogP contribution in [-0.2, 0) is 11.3 Å². The molecule has 82 valence electrons. The number of ether oxygens (including phenoxy) is 1. The van der Waals surface area contributed by atoms with Crippen LogP contribution in [0.3, 0.4) is 0 Å². The van der Waals surface area contributed by atoms with E-state index in [1.165, 1.54) is 0 Å². The van der Waals surface area contributed by atoms with Gasteiger partial charge in [-0.3, -0.25) is 0 Å². The van der Waals surface area contributed by atoms with Crippen LogP contribution < -0.4 is 5.73 Å². The summed E-state index contributed by atoms with van der Waals surface area (Å²) in [7, 11) is 0. The van der Waals surface area contributed by atoms with Gasteiger partial charge in [0.05, 0.1) is 12.2 Å². The van der Waals surface area contributed by atoms with Crippen molar-refractivity contribution in [2.24, 2.45) is 11.7 Å². The summed E-state index contributed by atoms with van der Waals surface area (Å²) >= 11 is 0. The summed E-state index contributed by atoms with van der Waals surface area (Å²) < 4.78 is 5.11. The Bertz CT molecular complexity index is 334. The van der Waals surface area contributed by atoms with Crippen molar-refractivity contribution in [1.29, 1.82) is 0 Å². The highest BCUT2D eigenvalue weighted by Crippen LogP contribution is 2.07. The number of esters is 1.